The van der Waals surface area contributed by atoms with Crippen molar-refractivity contribution in [1.29, 1.82) is 0 Å². The molecule has 4 atom stereocenters. The topological polar surface area (TPSA) is 41.5 Å². The smallest absolute Gasteiger partial charge is 0.0672 e. The van der Waals surface area contributed by atoms with E-state index in [1.165, 1.54) is 19.3 Å². The first-order valence-electron chi connectivity index (χ1n) is 7.20. The van der Waals surface area contributed by atoms with E-state index in [0.29, 0.717) is 23.5 Å². The van der Waals surface area contributed by atoms with Gasteiger partial charge in [0.25, 0.3) is 0 Å². The van der Waals surface area contributed by atoms with E-state index in [1.807, 2.05) is 14.0 Å². The van der Waals surface area contributed by atoms with Gasteiger partial charge in [-0.05, 0) is 50.0 Å². The Morgan fingerprint density at radius 1 is 1.39 bits per heavy atom. The van der Waals surface area contributed by atoms with Crippen LogP contribution in [-0.2, 0) is 4.74 Å². The van der Waals surface area contributed by atoms with Crippen LogP contribution >= 0.6 is 0 Å². The van der Waals surface area contributed by atoms with Gasteiger partial charge in [0, 0.05) is 0 Å². The molecule has 0 aliphatic heterocycles. The molecule has 0 heterocycles. The van der Waals surface area contributed by atoms with Gasteiger partial charge >= 0.3 is 0 Å². The van der Waals surface area contributed by atoms with Gasteiger partial charge in [0.05, 0.1) is 24.9 Å². The van der Waals surface area contributed by atoms with Gasteiger partial charge in [-0.1, -0.05) is 20.8 Å². The summed E-state index contributed by atoms with van der Waals surface area (Å²) in [5.41, 5.74) is 0.386. The highest BCUT2D eigenvalue weighted by atomic mass is 16.5. The molecule has 2 bridgehead atoms. The summed E-state index contributed by atoms with van der Waals surface area (Å²) in [6.07, 6.45) is 4.18. The van der Waals surface area contributed by atoms with Crippen LogP contribution in [0.1, 0.15) is 47.0 Å². The fourth-order valence-corrected chi connectivity index (χ4v) is 3.86. The van der Waals surface area contributed by atoms with Crippen molar-refractivity contribution in [2.45, 2.75) is 58.6 Å². The summed E-state index contributed by atoms with van der Waals surface area (Å²) >= 11 is 0. The number of nitrogens with one attached hydrogen (secondary N) is 1. The Kier molecular flexibility index (Phi) is 3.54. The lowest BCUT2D eigenvalue weighted by molar-refractivity contribution is -0.0712. The van der Waals surface area contributed by atoms with Gasteiger partial charge in [-0.2, -0.15) is 0 Å². The summed E-state index contributed by atoms with van der Waals surface area (Å²) in [5.74, 6) is 0.808. The quantitative estimate of drug-likeness (QED) is 0.791. The molecule has 0 amide bonds. The Bertz CT molecular complexity index is 312. The maximum Gasteiger partial charge on any atom is 0.0672 e. The first-order chi connectivity index (χ1) is 8.29. The van der Waals surface area contributed by atoms with Crippen LogP contribution in [0.2, 0.25) is 0 Å². The van der Waals surface area contributed by atoms with Crippen molar-refractivity contribution >= 4 is 0 Å². The molecule has 3 heteroatoms. The minimum Gasteiger partial charge on any atom is -0.394 e. The summed E-state index contributed by atoms with van der Waals surface area (Å²) in [7, 11) is 1.88. The van der Waals surface area contributed by atoms with Crippen molar-refractivity contribution < 1.29 is 9.84 Å². The maximum atomic E-state index is 9.42. The fourth-order valence-electron chi connectivity index (χ4n) is 3.86. The third kappa shape index (κ3) is 1.91. The first kappa shape index (κ1) is 14.3. The SMILES string of the molecule is CNC(C)(CO)COC1CC2CCC1(C)C2(C)C. The molecule has 0 aromatic heterocycles. The van der Waals surface area contributed by atoms with Crippen molar-refractivity contribution in [1.82, 2.24) is 5.32 Å². The average molecular weight is 255 g/mol. The predicted octanol–water partition coefficient (Wildman–Crippen LogP) is 2.19. The van der Waals surface area contributed by atoms with Crippen LogP contribution in [0.4, 0.5) is 0 Å². The van der Waals surface area contributed by atoms with Gasteiger partial charge in [-0.3, -0.25) is 0 Å². The minimum absolute atomic E-state index is 0.111. The number of aliphatic hydroxyl groups is 1. The summed E-state index contributed by atoms with van der Waals surface area (Å²) in [6, 6.07) is 0. The average Bonchev–Trinajstić information content (AvgIpc) is 2.68. The van der Waals surface area contributed by atoms with Gasteiger partial charge in [0.2, 0.25) is 0 Å². The molecule has 18 heavy (non-hydrogen) atoms. The second-order valence-electron chi connectivity index (χ2n) is 7.38. The monoisotopic (exact) mass is 255 g/mol. The van der Waals surface area contributed by atoms with E-state index < -0.39 is 0 Å². The molecule has 2 rings (SSSR count). The third-order valence-corrected chi connectivity index (χ3v) is 6.27. The van der Waals surface area contributed by atoms with Crippen LogP contribution in [0.3, 0.4) is 0 Å². The van der Waals surface area contributed by atoms with Crippen molar-refractivity contribution in [2.24, 2.45) is 16.7 Å². The Balaban J connectivity index is 2.01. The Labute approximate surface area is 111 Å². The molecule has 0 saturated heterocycles. The number of hydrogen-bond donors (Lipinski definition) is 2. The standard InChI is InChI=1S/C15H29NO2/c1-13(2)11-6-7-15(13,4)12(8-11)18-10-14(3,9-17)16-5/h11-12,16-17H,6-10H2,1-5H3. The number of aliphatic hydroxyl groups excluding tert-OH is 1. The second-order valence-corrected chi connectivity index (χ2v) is 7.38. The highest BCUT2D eigenvalue weighted by Gasteiger charge is 2.61. The van der Waals surface area contributed by atoms with Crippen LogP contribution < -0.4 is 5.32 Å². The van der Waals surface area contributed by atoms with Crippen LogP contribution in [0.25, 0.3) is 0 Å². The molecular weight excluding hydrogens is 226 g/mol. The maximum absolute atomic E-state index is 9.42. The van der Waals surface area contributed by atoms with Crippen LogP contribution in [0.5, 0.6) is 0 Å². The van der Waals surface area contributed by atoms with Gasteiger partial charge in [-0.25, -0.2) is 0 Å². The Morgan fingerprint density at radius 2 is 2.06 bits per heavy atom. The van der Waals surface area contributed by atoms with E-state index in [1.54, 1.807) is 0 Å². The van der Waals surface area contributed by atoms with Crippen molar-refractivity contribution in [3.05, 3.63) is 0 Å². The van der Waals surface area contributed by atoms with Crippen molar-refractivity contribution in [3.8, 4) is 0 Å². The molecule has 2 N–H and O–H groups in total. The largest absolute Gasteiger partial charge is 0.394 e. The summed E-state index contributed by atoms with van der Waals surface area (Å²) < 4.78 is 6.20. The van der Waals surface area contributed by atoms with Crippen LogP contribution in [0, 0.1) is 16.7 Å². The zero-order chi connectivity index (χ0) is 13.6. The molecule has 106 valence electrons. The lowest BCUT2D eigenvalue weighted by Gasteiger charge is -2.40. The molecule has 2 aliphatic carbocycles. The molecule has 2 saturated carbocycles. The molecule has 2 fully saturated rings. The fraction of sp³-hybridized carbons (Fsp3) is 1.00. The van der Waals surface area contributed by atoms with E-state index in [4.69, 9.17) is 4.74 Å². The van der Waals surface area contributed by atoms with Crippen LogP contribution in [-0.4, -0.2) is 37.0 Å². The van der Waals surface area contributed by atoms with E-state index >= 15 is 0 Å². The van der Waals surface area contributed by atoms with Gasteiger partial charge in [-0.15, -0.1) is 0 Å². The van der Waals surface area contributed by atoms with Crippen molar-refractivity contribution in [3.63, 3.8) is 0 Å². The normalized spacial score (nSPS) is 41.0. The highest BCUT2D eigenvalue weighted by molar-refractivity contribution is 5.11. The van der Waals surface area contributed by atoms with Gasteiger partial charge in [0.1, 0.15) is 0 Å². The Hall–Kier alpha value is -0.120. The molecule has 0 spiro atoms. The van der Waals surface area contributed by atoms with Crippen molar-refractivity contribution in [2.75, 3.05) is 20.3 Å². The molecular formula is C15H29NO2. The van der Waals surface area contributed by atoms with E-state index in [9.17, 15) is 5.11 Å². The molecule has 0 aromatic rings. The highest BCUT2D eigenvalue weighted by Crippen LogP contribution is 2.66. The number of fused-ring (bicyclic) bond motifs is 2. The number of rotatable bonds is 5. The second kappa shape index (κ2) is 4.46. The molecule has 4 unspecified atom stereocenters. The van der Waals surface area contributed by atoms with Gasteiger partial charge < -0.3 is 15.2 Å². The van der Waals surface area contributed by atoms with E-state index in [0.717, 1.165) is 5.92 Å². The molecule has 0 aromatic carbocycles. The number of ether oxygens (including phenoxy) is 1. The third-order valence-electron chi connectivity index (χ3n) is 6.27. The van der Waals surface area contributed by atoms with Gasteiger partial charge in [0.15, 0.2) is 0 Å². The summed E-state index contributed by atoms with van der Waals surface area (Å²) in [6.45, 7) is 9.89. The molecule has 0 radical (unpaired) electrons. The predicted molar refractivity (Wildman–Crippen MR) is 73.5 cm³/mol. The van der Waals surface area contributed by atoms with E-state index in [2.05, 4.69) is 26.1 Å². The van der Waals surface area contributed by atoms with E-state index in [-0.39, 0.29) is 12.1 Å². The lowest BCUT2D eigenvalue weighted by atomic mass is 9.70. The zero-order valence-electron chi connectivity index (χ0n) is 12.5. The number of likely N-dealkylation sites (N-methyl/N-ethyl adjacent to an activating group) is 1. The summed E-state index contributed by atoms with van der Waals surface area (Å²) in [4.78, 5) is 0. The lowest BCUT2D eigenvalue weighted by Crippen LogP contribution is -2.49. The summed E-state index contributed by atoms with van der Waals surface area (Å²) in [5, 5.41) is 12.6. The Morgan fingerprint density at radius 3 is 2.44 bits per heavy atom. The molecule has 3 nitrogen and oxygen atoms in total. The van der Waals surface area contributed by atoms with Crippen LogP contribution in [0.15, 0.2) is 0 Å². The first-order valence-corrected chi connectivity index (χ1v) is 7.20. The molecule has 2 aliphatic rings. The number of hydrogen-bond acceptors (Lipinski definition) is 3. The minimum atomic E-state index is -0.317. The zero-order valence-corrected chi connectivity index (χ0v) is 12.5.